The molecule has 1 aromatic heterocycles. The number of carbonyl (C=O) groups is 2. The van der Waals surface area contributed by atoms with Crippen molar-refractivity contribution in [3.63, 3.8) is 0 Å². The van der Waals surface area contributed by atoms with Gasteiger partial charge in [0.25, 0.3) is 0 Å². The summed E-state index contributed by atoms with van der Waals surface area (Å²) in [6, 6.07) is 5.84. The van der Waals surface area contributed by atoms with Crippen molar-refractivity contribution in [1.82, 2.24) is 24.8 Å². The average molecular weight is 403 g/mol. The minimum atomic E-state index is -0.329. The zero-order valence-corrected chi connectivity index (χ0v) is 16.8. The summed E-state index contributed by atoms with van der Waals surface area (Å²) in [5.41, 5.74) is 0.660. The quantitative estimate of drug-likeness (QED) is 0.726. The van der Waals surface area contributed by atoms with Crippen LogP contribution in [0.3, 0.4) is 0 Å². The number of rotatable bonds is 6. The lowest BCUT2D eigenvalue weighted by molar-refractivity contribution is -0.131. The highest BCUT2D eigenvalue weighted by Crippen LogP contribution is 2.17. The monoisotopic (exact) mass is 403 g/mol. The number of hydrogen-bond donors (Lipinski definition) is 0. The summed E-state index contributed by atoms with van der Waals surface area (Å²) in [6.07, 6.45) is 1.47. The van der Waals surface area contributed by atoms with Gasteiger partial charge in [-0.05, 0) is 30.7 Å². The molecule has 0 bridgehead atoms. The van der Waals surface area contributed by atoms with Crippen LogP contribution in [0.5, 0.6) is 0 Å². The van der Waals surface area contributed by atoms with E-state index in [-0.39, 0.29) is 24.1 Å². The Hall–Kier alpha value is -2.81. The van der Waals surface area contributed by atoms with Crippen LogP contribution < -0.4 is 0 Å². The average Bonchev–Trinajstić information content (AvgIpc) is 3.05. The third kappa shape index (κ3) is 5.83. The SMILES string of the molecule is CN(C)C(=O)CN1CCCN(C(=O)CCc2nc(-c3ccc(F)cc3)no2)CC1. The Bertz CT molecular complexity index is 837. The predicted octanol–water partition coefficient (Wildman–Crippen LogP) is 1.43. The minimum Gasteiger partial charge on any atom is -0.348 e. The van der Waals surface area contributed by atoms with Gasteiger partial charge in [0.1, 0.15) is 5.82 Å². The number of benzene rings is 1. The maximum Gasteiger partial charge on any atom is 0.236 e. The van der Waals surface area contributed by atoms with E-state index in [1.165, 1.54) is 12.1 Å². The van der Waals surface area contributed by atoms with Gasteiger partial charge in [-0.1, -0.05) is 5.16 Å². The number of amides is 2. The molecule has 0 N–H and O–H groups in total. The first-order valence-corrected chi connectivity index (χ1v) is 9.71. The number of hydrogen-bond acceptors (Lipinski definition) is 6. The van der Waals surface area contributed by atoms with Crippen LogP contribution in [0.2, 0.25) is 0 Å². The fourth-order valence-electron chi connectivity index (χ4n) is 3.16. The van der Waals surface area contributed by atoms with Gasteiger partial charge in [0.15, 0.2) is 0 Å². The highest BCUT2D eigenvalue weighted by atomic mass is 19.1. The van der Waals surface area contributed by atoms with E-state index in [9.17, 15) is 14.0 Å². The Labute approximate surface area is 169 Å². The first-order chi connectivity index (χ1) is 13.9. The standard InChI is InChI=1S/C20H26FN5O3/c1-24(2)19(28)14-25-10-3-11-26(13-12-25)18(27)9-8-17-22-20(23-29-17)15-4-6-16(21)7-5-15/h4-7H,3,8-14H2,1-2H3. The summed E-state index contributed by atoms with van der Waals surface area (Å²) in [6.45, 7) is 3.14. The van der Waals surface area contributed by atoms with Gasteiger partial charge in [-0.15, -0.1) is 0 Å². The number of aromatic nitrogens is 2. The molecule has 29 heavy (non-hydrogen) atoms. The number of aryl methyl sites for hydroxylation is 1. The molecule has 3 rings (SSSR count). The summed E-state index contributed by atoms with van der Waals surface area (Å²) in [5.74, 6) is 0.532. The first-order valence-electron chi connectivity index (χ1n) is 9.71. The maximum absolute atomic E-state index is 13.0. The molecule has 0 atom stereocenters. The second-order valence-corrected chi connectivity index (χ2v) is 7.32. The van der Waals surface area contributed by atoms with Crippen molar-refractivity contribution in [2.45, 2.75) is 19.3 Å². The topological polar surface area (TPSA) is 82.8 Å². The van der Waals surface area contributed by atoms with Crippen molar-refractivity contribution in [3.05, 3.63) is 36.0 Å². The lowest BCUT2D eigenvalue weighted by Gasteiger charge is -2.22. The highest BCUT2D eigenvalue weighted by molar-refractivity contribution is 5.78. The molecular formula is C20H26FN5O3. The van der Waals surface area contributed by atoms with Crippen molar-refractivity contribution >= 4 is 11.8 Å². The summed E-state index contributed by atoms with van der Waals surface area (Å²) >= 11 is 0. The number of nitrogens with zero attached hydrogens (tertiary/aromatic N) is 5. The number of halogens is 1. The number of likely N-dealkylation sites (N-methyl/N-ethyl adjacent to an activating group) is 1. The molecule has 8 nitrogen and oxygen atoms in total. The van der Waals surface area contributed by atoms with E-state index >= 15 is 0 Å². The first kappa shape index (κ1) is 20.9. The van der Waals surface area contributed by atoms with Crippen molar-refractivity contribution in [2.24, 2.45) is 0 Å². The zero-order chi connectivity index (χ0) is 20.8. The van der Waals surface area contributed by atoms with E-state index in [2.05, 4.69) is 15.0 Å². The highest BCUT2D eigenvalue weighted by Gasteiger charge is 2.21. The van der Waals surface area contributed by atoms with Gasteiger partial charge in [-0.3, -0.25) is 14.5 Å². The van der Waals surface area contributed by atoms with Gasteiger partial charge < -0.3 is 14.3 Å². The van der Waals surface area contributed by atoms with Crippen LogP contribution >= 0.6 is 0 Å². The van der Waals surface area contributed by atoms with Crippen LogP contribution in [0.25, 0.3) is 11.4 Å². The van der Waals surface area contributed by atoms with Crippen LogP contribution in [-0.4, -0.2) is 83.5 Å². The largest absolute Gasteiger partial charge is 0.348 e. The molecule has 0 aliphatic carbocycles. The zero-order valence-electron chi connectivity index (χ0n) is 16.8. The normalized spacial score (nSPS) is 15.2. The van der Waals surface area contributed by atoms with E-state index in [0.29, 0.717) is 49.9 Å². The van der Waals surface area contributed by atoms with Gasteiger partial charge >= 0.3 is 0 Å². The van der Waals surface area contributed by atoms with Crippen molar-refractivity contribution in [3.8, 4) is 11.4 Å². The molecule has 9 heteroatoms. The molecule has 1 fully saturated rings. The molecule has 0 radical (unpaired) electrons. The lowest BCUT2D eigenvalue weighted by atomic mass is 10.2. The molecule has 2 aromatic rings. The second-order valence-electron chi connectivity index (χ2n) is 7.32. The van der Waals surface area contributed by atoms with Gasteiger partial charge in [0.2, 0.25) is 23.5 Å². The molecule has 2 heterocycles. The van der Waals surface area contributed by atoms with Crippen LogP contribution in [0.4, 0.5) is 4.39 Å². The fraction of sp³-hybridized carbons (Fsp3) is 0.500. The molecule has 0 spiro atoms. The van der Waals surface area contributed by atoms with Gasteiger partial charge in [0.05, 0.1) is 6.54 Å². The fourth-order valence-corrected chi connectivity index (χ4v) is 3.16. The van der Waals surface area contributed by atoms with Crippen LogP contribution in [0.1, 0.15) is 18.7 Å². The minimum absolute atomic E-state index is 0.0346. The Morgan fingerprint density at radius 2 is 1.90 bits per heavy atom. The lowest BCUT2D eigenvalue weighted by Crippen LogP contribution is -2.39. The van der Waals surface area contributed by atoms with Gasteiger partial charge in [0, 0.05) is 58.7 Å². The van der Waals surface area contributed by atoms with Crippen LogP contribution in [0, 0.1) is 5.82 Å². The van der Waals surface area contributed by atoms with Gasteiger partial charge in [-0.25, -0.2) is 4.39 Å². The molecule has 1 saturated heterocycles. The number of carbonyl (C=O) groups excluding carboxylic acids is 2. The predicted molar refractivity (Wildman–Crippen MR) is 104 cm³/mol. The molecule has 1 aliphatic rings. The van der Waals surface area contributed by atoms with Gasteiger partial charge in [-0.2, -0.15) is 4.98 Å². The van der Waals surface area contributed by atoms with Crippen molar-refractivity contribution in [1.29, 1.82) is 0 Å². The molecule has 0 saturated carbocycles. The van der Waals surface area contributed by atoms with E-state index in [1.54, 1.807) is 31.1 Å². The Morgan fingerprint density at radius 1 is 1.14 bits per heavy atom. The third-order valence-corrected chi connectivity index (χ3v) is 4.92. The van der Waals surface area contributed by atoms with Crippen molar-refractivity contribution in [2.75, 3.05) is 46.8 Å². The molecule has 1 aromatic carbocycles. The smallest absolute Gasteiger partial charge is 0.236 e. The summed E-state index contributed by atoms with van der Waals surface area (Å²) in [4.78, 5) is 34.2. The molecule has 156 valence electrons. The van der Waals surface area contributed by atoms with Crippen LogP contribution in [0.15, 0.2) is 28.8 Å². The van der Waals surface area contributed by atoms with E-state index in [4.69, 9.17) is 4.52 Å². The Balaban J connectivity index is 1.48. The Morgan fingerprint density at radius 3 is 2.62 bits per heavy atom. The van der Waals surface area contributed by atoms with E-state index in [0.717, 1.165) is 13.0 Å². The summed E-state index contributed by atoms with van der Waals surface area (Å²) in [7, 11) is 3.49. The third-order valence-electron chi connectivity index (χ3n) is 4.92. The molecule has 2 amide bonds. The summed E-state index contributed by atoms with van der Waals surface area (Å²) < 4.78 is 18.2. The van der Waals surface area contributed by atoms with Crippen molar-refractivity contribution < 1.29 is 18.5 Å². The van der Waals surface area contributed by atoms with Crippen LogP contribution in [-0.2, 0) is 16.0 Å². The molecule has 0 unspecified atom stereocenters. The molecule has 1 aliphatic heterocycles. The maximum atomic E-state index is 13.0. The van der Waals surface area contributed by atoms with E-state index in [1.807, 2.05) is 4.90 Å². The summed E-state index contributed by atoms with van der Waals surface area (Å²) in [5, 5.41) is 3.90. The molecular weight excluding hydrogens is 377 g/mol. The second kappa shape index (κ2) is 9.60. The Kier molecular flexibility index (Phi) is 6.92. The van der Waals surface area contributed by atoms with E-state index < -0.39 is 0 Å².